The highest BCUT2D eigenvalue weighted by atomic mass is 16.5. The maximum atomic E-state index is 12.3. The molecule has 6 nitrogen and oxygen atoms in total. The lowest BCUT2D eigenvalue weighted by molar-refractivity contribution is 0.102. The largest absolute Gasteiger partial charge is 0.496 e. The SMILES string of the molecule is COc1ccccc1CCNc1cnc(C(=O)Nc2cccc(C)c2)cn1. The number of carbonyl (C=O) groups is 1. The standard InChI is InChI=1S/C21H22N4O2/c1-15-6-5-8-17(12-15)25-21(26)18-13-24-20(14-23-18)22-11-10-16-7-3-4-9-19(16)27-2/h3-9,12-14H,10-11H2,1-2H3,(H,22,24)(H,25,26). The van der Waals surface area contributed by atoms with Crippen LogP contribution in [0, 0.1) is 6.92 Å². The quantitative estimate of drug-likeness (QED) is 0.670. The minimum absolute atomic E-state index is 0.270. The van der Waals surface area contributed by atoms with Crippen molar-refractivity contribution < 1.29 is 9.53 Å². The van der Waals surface area contributed by atoms with Gasteiger partial charge in [0.15, 0.2) is 0 Å². The summed E-state index contributed by atoms with van der Waals surface area (Å²) >= 11 is 0. The van der Waals surface area contributed by atoms with Crippen molar-refractivity contribution in [1.82, 2.24) is 9.97 Å². The fourth-order valence-electron chi connectivity index (χ4n) is 2.69. The van der Waals surface area contributed by atoms with Gasteiger partial charge in [0.2, 0.25) is 0 Å². The highest BCUT2D eigenvalue weighted by molar-refractivity contribution is 6.02. The Balaban J connectivity index is 1.54. The van der Waals surface area contributed by atoms with Gasteiger partial charge in [-0.05, 0) is 42.7 Å². The van der Waals surface area contributed by atoms with E-state index in [1.165, 1.54) is 6.20 Å². The number of rotatable bonds is 7. The Hall–Kier alpha value is -3.41. The number of aromatic nitrogens is 2. The Morgan fingerprint density at radius 2 is 1.93 bits per heavy atom. The van der Waals surface area contributed by atoms with E-state index in [0.717, 1.165) is 29.0 Å². The summed E-state index contributed by atoms with van der Waals surface area (Å²) in [6.45, 7) is 2.66. The number of nitrogens with one attached hydrogen (secondary N) is 2. The first-order chi connectivity index (χ1) is 13.2. The van der Waals surface area contributed by atoms with Crippen LogP contribution in [0.25, 0.3) is 0 Å². The fourth-order valence-corrected chi connectivity index (χ4v) is 2.69. The molecule has 2 aromatic carbocycles. The molecule has 2 N–H and O–H groups in total. The highest BCUT2D eigenvalue weighted by Crippen LogP contribution is 2.17. The zero-order valence-corrected chi connectivity index (χ0v) is 15.4. The van der Waals surface area contributed by atoms with Crippen LogP contribution in [0.3, 0.4) is 0 Å². The molecule has 1 heterocycles. The van der Waals surface area contributed by atoms with Gasteiger partial charge >= 0.3 is 0 Å². The van der Waals surface area contributed by atoms with Gasteiger partial charge in [-0.1, -0.05) is 30.3 Å². The number of amides is 1. The topological polar surface area (TPSA) is 76.1 Å². The van der Waals surface area contributed by atoms with Crippen LogP contribution in [0.2, 0.25) is 0 Å². The number of hydrogen-bond acceptors (Lipinski definition) is 5. The van der Waals surface area contributed by atoms with Gasteiger partial charge in [0.25, 0.3) is 5.91 Å². The average molecular weight is 362 g/mol. The van der Waals surface area contributed by atoms with Gasteiger partial charge in [0.1, 0.15) is 17.3 Å². The first-order valence-electron chi connectivity index (χ1n) is 8.71. The molecule has 138 valence electrons. The van der Waals surface area contributed by atoms with Crippen molar-refractivity contribution in [3.63, 3.8) is 0 Å². The molecule has 0 aliphatic rings. The van der Waals surface area contributed by atoms with Crippen molar-refractivity contribution in [1.29, 1.82) is 0 Å². The van der Waals surface area contributed by atoms with Crippen molar-refractivity contribution in [2.75, 3.05) is 24.3 Å². The van der Waals surface area contributed by atoms with Gasteiger partial charge in [-0.3, -0.25) is 4.79 Å². The fraction of sp³-hybridized carbons (Fsp3) is 0.190. The number of benzene rings is 2. The van der Waals surface area contributed by atoms with E-state index in [0.29, 0.717) is 12.4 Å². The molecule has 1 aromatic heterocycles. The maximum Gasteiger partial charge on any atom is 0.275 e. The molecule has 1 amide bonds. The second kappa shape index (κ2) is 8.80. The lowest BCUT2D eigenvalue weighted by atomic mass is 10.1. The predicted octanol–water partition coefficient (Wildman–Crippen LogP) is 3.70. The van der Waals surface area contributed by atoms with Gasteiger partial charge in [0, 0.05) is 12.2 Å². The Kier molecular flexibility index (Phi) is 5.99. The molecule has 3 aromatic rings. The zero-order chi connectivity index (χ0) is 19.1. The Bertz CT molecular complexity index is 910. The highest BCUT2D eigenvalue weighted by Gasteiger charge is 2.09. The summed E-state index contributed by atoms with van der Waals surface area (Å²) in [7, 11) is 1.66. The van der Waals surface area contributed by atoms with Crippen LogP contribution in [-0.2, 0) is 6.42 Å². The lowest BCUT2D eigenvalue weighted by Gasteiger charge is -2.09. The van der Waals surface area contributed by atoms with Gasteiger partial charge < -0.3 is 15.4 Å². The van der Waals surface area contributed by atoms with E-state index in [1.807, 2.05) is 55.5 Å². The van der Waals surface area contributed by atoms with E-state index in [-0.39, 0.29) is 11.6 Å². The summed E-state index contributed by atoms with van der Waals surface area (Å²) in [5.41, 5.74) is 3.20. The normalized spacial score (nSPS) is 10.3. The number of aryl methyl sites for hydroxylation is 1. The molecule has 27 heavy (non-hydrogen) atoms. The average Bonchev–Trinajstić information content (AvgIpc) is 2.69. The molecule has 0 aliphatic carbocycles. The van der Waals surface area contributed by atoms with Crippen LogP contribution in [0.15, 0.2) is 60.9 Å². The summed E-state index contributed by atoms with van der Waals surface area (Å²) in [4.78, 5) is 20.7. The van der Waals surface area contributed by atoms with Gasteiger partial charge in [-0.2, -0.15) is 0 Å². The predicted molar refractivity (Wildman–Crippen MR) is 106 cm³/mol. The number of hydrogen-bond donors (Lipinski definition) is 2. The molecule has 6 heteroatoms. The third-order valence-corrected chi connectivity index (χ3v) is 4.05. The van der Waals surface area contributed by atoms with E-state index in [9.17, 15) is 4.79 Å². The molecule has 0 saturated heterocycles. The monoisotopic (exact) mass is 362 g/mol. The minimum atomic E-state index is -0.284. The summed E-state index contributed by atoms with van der Waals surface area (Å²) in [5, 5.41) is 6.03. The van der Waals surface area contributed by atoms with Crippen LogP contribution in [0.4, 0.5) is 11.5 Å². The molecule has 0 aliphatic heterocycles. The third kappa shape index (κ3) is 5.04. The summed E-state index contributed by atoms with van der Waals surface area (Å²) in [6.07, 6.45) is 3.82. The lowest BCUT2D eigenvalue weighted by Crippen LogP contribution is -2.15. The first-order valence-corrected chi connectivity index (χ1v) is 8.71. The van der Waals surface area contributed by atoms with E-state index in [2.05, 4.69) is 20.6 Å². The van der Waals surface area contributed by atoms with Crippen molar-refractivity contribution in [3.8, 4) is 5.75 Å². The van der Waals surface area contributed by atoms with E-state index < -0.39 is 0 Å². The number of ether oxygens (including phenoxy) is 1. The third-order valence-electron chi connectivity index (χ3n) is 4.05. The number of anilines is 2. The Morgan fingerprint density at radius 3 is 2.67 bits per heavy atom. The molecule has 0 bridgehead atoms. The van der Waals surface area contributed by atoms with Crippen molar-refractivity contribution in [2.24, 2.45) is 0 Å². The Labute approximate surface area is 158 Å². The molecular weight excluding hydrogens is 340 g/mol. The van der Waals surface area contributed by atoms with E-state index in [1.54, 1.807) is 13.3 Å². The van der Waals surface area contributed by atoms with Crippen LogP contribution in [-0.4, -0.2) is 29.5 Å². The second-order valence-electron chi connectivity index (χ2n) is 6.10. The molecule has 3 rings (SSSR count). The molecule has 0 spiro atoms. The van der Waals surface area contributed by atoms with Crippen molar-refractivity contribution in [3.05, 3.63) is 77.7 Å². The molecular formula is C21H22N4O2. The molecule has 0 unspecified atom stereocenters. The smallest absolute Gasteiger partial charge is 0.275 e. The molecule has 0 saturated carbocycles. The van der Waals surface area contributed by atoms with Gasteiger partial charge in [-0.15, -0.1) is 0 Å². The second-order valence-corrected chi connectivity index (χ2v) is 6.10. The summed E-state index contributed by atoms with van der Waals surface area (Å²) < 4.78 is 5.35. The number of methoxy groups -OCH3 is 1. The van der Waals surface area contributed by atoms with Crippen LogP contribution >= 0.6 is 0 Å². The van der Waals surface area contributed by atoms with Crippen molar-refractivity contribution in [2.45, 2.75) is 13.3 Å². The van der Waals surface area contributed by atoms with Crippen LogP contribution in [0.1, 0.15) is 21.6 Å². The number of para-hydroxylation sites is 1. The van der Waals surface area contributed by atoms with Crippen LogP contribution in [0.5, 0.6) is 5.75 Å². The minimum Gasteiger partial charge on any atom is -0.496 e. The Morgan fingerprint density at radius 1 is 1.07 bits per heavy atom. The van der Waals surface area contributed by atoms with E-state index >= 15 is 0 Å². The summed E-state index contributed by atoms with van der Waals surface area (Å²) in [6, 6.07) is 15.5. The van der Waals surface area contributed by atoms with Gasteiger partial charge in [-0.25, -0.2) is 9.97 Å². The number of nitrogens with zero attached hydrogens (tertiary/aromatic N) is 2. The van der Waals surface area contributed by atoms with Crippen LogP contribution < -0.4 is 15.4 Å². The maximum absolute atomic E-state index is 12.3. The first kappa shape index (κ1) is 18.4. The summed E-state index contributed by atoms with van der Waals surface area (Å²) in [5.74, 6) is 1.21. The molecule has 0 fully saturated rings. The van der Waals surface area contributed by atoms with Crippen molar-refractivity contribution >= 4 is 17.4 Å². The van der Waals surface area contributed by atoms with E-state index in [4.69, 9.17) is 4.74 Å². The molecule has 0 radical (unpaired) electrons. The zero-order valence-electron chi connectivity index (χ0n) is 15.4. The van der Waals surface area contributed by atoms with Gasteiger partial charge in [0.05, 0.1) is 19.5 Å². The molecule has 0 atom stereocenters. The number of carbonyl (C=O) groups excluding carboxylic acids is 1.